The van der Waals surface area contributed by atoms with Crippen LogP contribution in [0.1, 0.15) is 20.8 Å². The van der Waals surface area contributed by atoms with E-state index in [0.717, 1.165) is 0 Å². The first kappa shape index (κ1) is 20.9. The topological polar surface area (TPSA) is 98.8 Å². The summed E-state index contributed by atoms with van der Waals surface area (Å²) in [5.41, 5.74) is -0.796. The van der Waals surface area contributed by atoms with Gasteiger partial charge in [0.15, 0.2) is 24.1 Å². The Morgan fingerprint density at radius 2 is 1.68 bits per heavy atom. The van der Waals surface area contributed by atoms with Crippen LogP contribution in [0.4, 0.5) is 13.2 Å². The predicted octanol–water partition coefficient (Wildman–Crippen LogP) is 1.27. The molecule has 25 heavy (non-hydrogen) atoms. The summed E-state index contributed by atoms with van der Waals surface area (Å²) in [7, 11) is -4.64. The minimum atomic E-state index is -4.64. The maximum absolute atomic E-state index is 13.5. The lowest BCUT2D eigenvalue weighted by molar-refractivity contribution is -0.166. The standard InChI is InChI=1S/C14H16F3NO6S/c1-14(2,3)24-11(20)7-23-10(19)6-18-25(21,22)9-5-4-8(15)12(16)13(9)17/h4-5,18H,6-7H2,1-3H3. The zero-order valence-electron chi connectivity index (χ0n) is 13.6. The third-order valence-corrected chi connectivity index (χ3v) is 3.89. The van der Waals surface area contributed by atoms with Crippen molar-refractivity contribution in [3.63, 3.8) is 0 Å². The summed E-state index contributed by atoms with van der Waals surface area (Å²) in [5, 5.41) is 0. The second-order valence-corrected chi connectivity index (χ2v) is 7.48. The van der Waals surface area contributed by atoms with Crippen LogP contribution >= 0.6 is 0 Å². The van der Waals surface area contributed by atoms with Gasteiger partial charge in [-0.1, -0.05) is 0 Å². The molecule has 0 amide bonds. The van der Waals surface area contributed by atoms with E-state index < -0.39 is 63.1 Å². The van der Waals surface area contributed by atoms with Gasteiger partial charge in [-0.05, 0) is 32.9 Å². The number of carbonyl (C=O) groups is 2. The van der Waals surface area contributed by atoms with Crippen molar-refractivity contribution in [1.82, 2.24) is 4.72 Å². The quantitative estimate of drug-likeness (QED) is 0.587. The summed E-state index contributed by atoms with van der Waals surface area (Å²) in [6, 6.07) is 0.927. The lowest BCUT2D eigenvalue weighted by Gasteiger charge is -2.19. The van der Waals surface area contributed by atoms with E-state index >= 15 is 0 Å². The average molecular weight is 383 g/mol. The van der Waals surface area contributed by atoms with Crippen LogP contribution in [0.5, 0.6) is 0 Å². The Bertz CT molecular complexity index is 774. The number of ether oxygens (including phenoxy) is 2. The van der Waals surface area contributed by atoms with Gasteiger partial charge in [0.05, 0.1) is 0 Å². The number of sulfonamides is 1. The molecule has 7 nitrogen and oxygen atoms in total. The molecule has 0 unspecified atom stereocenters. The van der Waals surface area contributed by atoms with Crippen LogP contribution in [-0.4, -0.2) is 39.1 Å². The van der Waals surface area contributed by atoms with Gasteiger partial charge in [0.25, 0.3) is 0 Å². The highest BCUT2D eigenvalue weighted by Crippen LogP contribution is 2.19. The zero-order valence-corrected chi connectivity index (χ0v) is 14.4. The third kappa shape index (κ3) is 6.35. The molecule has 140 valence electrons. The van der Waals surface area contributed by atoms with Crippen LogP contribution in [-0.2, 0) is 29.1 Å². The van der Waals surface area contributed by atoms with E-state index in [-0.39, 0.29) is 0 Å². The SMILES string of the molecule is CC(C)(C)OC(=O)COC(=O)CNS(=O)(=O)c1ccc(F)c(F)c1F. The van der Waals surface area contributed by atoms with Crippen molar-refractivity contribution in [2.75, 3.05) is 13.2 Å². The Balaban J connectivity index is 2.64. The predicted molar refractivity (Wildman–Crippen MR) is 78.3 cm³/mol. The lowest BCUT2D eigenvalue weighted by Crippen LogP contribution is -2.33. The highest BCUT2D eigenvalue weighted by Gasteiger charge is 2.25. The van der Waals surface area contributed by atoms with E-state index in [1.54, 1.807) is 25.5 Å². The van der Waals surface area contributed by atoms with Gasteiger partial charge in [-0.15, -0.1) is 0 Å². The maximum Gasteiger partial charge on any atom is 0.344 e. The normalized spacial score (nSPS) is 11.9. The van der Waals surface area contributed by atoms with Gasteiger partial charge in [-0.25, -0.2) is 26.4 Å². The molecule has 11 heteroatoms. The van der Waals surface area contributed by atoms with Crippen molar-refractivity contribution in [2.45, 2.75) is 31.3 Å². The summed E-state index contributed by atoms with van der Waals surface area (Å²) >= 11 is 0. The number of hydrogen-bond acceptors (Lipinski definition) is 6. The minimum absolute atomic E-state index is 0.424. The van der Waals surface area contributed by atoms with Gasteiger partial charge in [0.2, 0.25) is 10.0 Å². The molecule has 0 atom stereocenters. The van der Waals surface area contributed by atoms with Crippen LogP contribution in [0, 0.1) is 17.5 Å². The molecule has 0 bridgehead atoms. The van der Waals surface area contributed by atoms with Crippen molar-refractivity contribution in [3.05, 3.63) is 29.6 Å². The molecule has 0 radical (unpaired) electrons. The van der Waals surface area contributed by atoms with Crippen LogP contribution in [0.25, 0.3) is 0 Å². The van der Waals surface area contributed by atoms with Crippen LogP contribution in [0.15, 0.2) is 17.0 Å². The minimum Gasteiger partial charge on any atom is -0.457 e. The Kier molecular flexibility index (Phi) is 6.54. The van der Waals surface area contributed by atoms with E-state index in [0.29, 0.717) is 12.1 Å². The van der Waals surface area contributed by atoms with E-state index in [9.17, 15) is 31.2 Å². The number of nitrogens with one attached hydrogen (secondary N) is 1. The van der Waals surface area contributed by atoms with Gasteiger partial charge in [0.1, 0.15) is 17.0 Å². The van der Waals surface area contributed by atoms with Gasteiger partial charge in [0, 0.05) is 0 Å². The largest absolute Gasteiger partial charge is 0.457 e. The Hall–Kier alpha value is -2.14. The number of carbonyl (C=O) groups excluding carboxylic acids is 2. The fraction of sp³-hybridized carbons (Fsp3) is 0.429. The van der Waals surface area contributed by atoms with Crippen molar-refractivity contribution in [1.29, 1.82) is 0 Å². The Morgan fingerprint density at radius 1 is 1.08 bits per heavy atom. The number of rotatable bonds is 6. The fourth-order valence-electron chi connectivity index (χ4n) is 1.51. The number of halogens is 3. The van der Waals surface area contributed by atoms with Crippen LogP contribution in [0.2, 0.25) is 0 Å². The Morgan fingerprint density at radius 3 is 2.24 bits per heavy atom. The van der Waals surface area contributed by atoms with E-state index in [4.69, 9.17) is 4.74 Å². The molecule has 0 aliphatic carbocycles. The molecule has 1 aromatic rings. The van der Waals surface area contributed by atoms with E-state index in [1.165, 1.54) is 0 Å². The van der Waals surface area contributed by atoms with Gasteiger partial charge in [-0.2, -0.15) is 4.72 Å². The number of hydrogen-bond donors (Lipinski definition) is 1. The van der Waals surface area contributed by atoms with Crippen molar-refractivity contribution >= 4 is 22.0 Å². The van der Waals surface area contributed by atoms with Gasteiger partial charge >= 0.3 is 11.9 Å². The monoisotopic (exact) mass is 383 g/mol. The molecule has 1 aromatic carbocycles. The van der Waals surface area contributed by atoms with Crippen molar-refractivity contribution < 1.29 is 40.7 Å². The Labute approximate surface area is 142 Å². The van der Waals surface area contributed by atoms with E-state index in [1.807, 2.05) is 0 Å². The first-order valence-electron chi connectivity index (χ1n) is 6.84. The first-order valence-corrected chi connectivity index (χ1v) is 8.32. The molecule has 0 saturated carbocycles. The molecule has 0 heterocycles. The van der Waals surface area contributed by atoms with Gasteiger partial charge in [-0.3, -0.25) is 4.79 Å². The molecule has 0 fully saturated rings. The molecule has 1 rings (SSSR count). The summed E-state index contributed by atoms with van der Waals surface area (Å²) in [6.07, 6.45) is 0. The summed E-state index contributed by atoms with van der Waals surface area (Å²) in [5.74, 6) is -7.45. The molecule has 0 aliphatic heterocycles. The highest BCUT2D eigenvalue weighted by molar-refractivity contribution is 7.89. The maximum atomic E-state index is 13.5. The first-order chi connectivity index (χ1) is 11.3. The average Bonchev–Trinajstić information content (AvgIpc) is 2.46. The summed E-state index contributed by atoms with van der Waals surface area (Å²) in [4.78, 5) is 21.6. The second-order valence-electron chi connectivity index (χ2n) is 5.75. The summed E-state index contributed by atoms with van der Waals surface area (Å²) < 4.78 is 74.0. The van der Waals surface area contributed by atoms with E-state index in [2.05, 4.69) is 4.74 Å². The van der Waals surface area contributed by atoms with Gasteiger partial charge < -0.3 is 9.47 Å². The molecular formula is C14H16F3NO6S. The van der Waals surface area contributed by atoms with Crippen LogP contribution < -0.4 is 4.72 Å². The summed E-state index contributed by atoms with van der Waals surface area (Å²) in [6.45, 7) is 3.08. The number of esters is 2. The fourth-order valence-corrected chi connectivity index (χ4v) is 2.54. The molecule has 0 spiro atoms. The molecule has 0 aromatic heterocycles. The van der Waals surface area contributed by atoms with Crippen LogP contribution in [0.3, 0.4) is 0 Å². The number of benzene rings is 1. The van der Waals surface area contributed by atoms with Crippen molar-refractivity contribution in [2.24, 2.45) is 0 Å². The molecule has 0 saturated heterocycles. The highest BCUT2D eigenvalue weighted by atomic mass is 32.2. The molecule has 1 N–H and O–H groups in total. The van der Waals surface area contributed by atoms with Crippen molar-refractivity contribution in [3.8, 4) is 0 Å². The third-order valence-electron chi connectivity index (χ3n) is 2.47. The molecule has 0 aliphatic rings. The zero-order chi connectivity index (χ0) is 19.4. The molecular weight excluding hydrogens is 367 g/mol. The second kappa shape index (κ2) is 7.83. The lowest BCUT2D eigenvalue weighted by atomic mass is 10.2. The smallest absolute Gasteiger partial charge is 0.344 e.